The van der Waals surface area contributed by atoms with E-state index in [-0.39, 0.29) is 18.5 Å². The van der Waals surface area contributed by atoms with Gasteiger partial charge in [-0.1, -0.05) is 0 Å². The molecule has 0 spiro atoms. The summed E-state index contributed by atoms with van der Waals surface area (Å²) in [5, 5.41) is 2.58. The van der Waals surface area contributed by atoms with Crippen molar-refractivity contribution in [1.29, 1.82) is 0 Å². The Balaban J connectivity index is 1.47. The highest BCUT2D eigenvalue weighted by atomic mass is 32.2. The van der Waals surface area contributed by atoms with Crippen LogP contribution in [0.2, 0.25) is 0 Å². The lowest BCUT2D eigenvalue weighted by atomic mass is 9.96. The van der Waals surface area contributed by atoms with E-state index in [1.165, 1.54) is 4.31 Å². The molecule has 36 heavy (non-hydrogen) atoms. The number of hydrogen-bond donors (Lipinski definition) is 1. The summed E-state index contributed by atoms with van der Waals surface area (Å²) in [7, 11) is -3.78. The van der Waals surface area contributed by atoms with Crippen LogP contribution in [0.1, 0.15) is 54.9 Å². The minimum absolute atomic E-state index is 0.0658. The highest BCUT2D eigenvalue weighted by Crippen LogP contribution is 2.31. The van der Waals surface area contributed by atoms with Crippen molar-refractivity contribution >= 4 is 15.9 Å². The van der Waals surface area contributed by atoms with Crippen molar-refractivity contribution in [2.45, 2.75) is 57.2 Å². The normalized spacial score (nSPS) is 21.1. The number of piperidine rings is 1. The number of benzene rings is 1. The second-order valence-corrected chi connectivity index (χ2v) is 11.8. The van der Waals surface area contributed by atoms with E-state index in [9.17, 15) is 39.6 Å². The van der Waals surface area contributed by atoms with Gasteiger partial charge in [0.2, 0.25) is 15.9 Å². The van der Waals surface area contributed by atoms with Crippen LogP contribution >= 0.6 is 0 Å². The number of rotatable bonds is 9. The number of halogens is 6. The average Bonchev–Trinajstić information content (AvgIpc) is 3.25. The van der Waals surface area contributed by atoms with Crippen molar-refractivity contribution in [2.75, 3.05) is 38.5 Å². The summed E-state index contributed by atoms with van der Waals surface area (Å²) >= 11 is 0. The molecule has 2 saturated heterocycles. The predicted octanol–water partition coefficient (Wildman–Crippen LogP) is 4.13. The molecule has 2 fully saturated rings. The summed E-state index contributed by atoms with van der Waals surface area (Å²) in [5.41, 5.74) is -1.63. The lowest BCUT2D eigenvalue weighted by Crippen LogP contribution is -2.47. The van der Waals surface area contributed by atoms with Crippen LogP contribution in [0.3, 0.4) is 0 Å². The molecule has 0 saturated carbocycles. The first-order valence-corrected chi connectivity index (χ1v) is 13.5. The summed E-state index contributed by atoms with van der Waals surface area (Å²) < 4.78 is 105. The Hall–Kier alpha value is -1.86. The van der Waals surface area contributed by atoms with Crippen LogP contribution in [0.5, 0.6) is 0 Å². The Morgan fingerprint density at radius 2 is 1.72 bits per heavy atom. The van der Waals surface area contributed by atoms with Crippen LogP contribution in [-0.2, 0) is 16.2 Å². The van der Waals surface area contributed by atoms with E-state index >= 15 is 0 Å². The number of amides is 1. The van der Waals surface area contributed by atoms with Gasteiger partial charge in [0.25, 0.3) is 5.91 Å². The van der Waals surface area contributed by atoms with Crippen LogP contribution in [0, 0.1) is 11.7 Å². The van der Waals surface area contributed by atoms with Crippen molar-refractivity contribution in [3.8, 4) is 0 Å². The van der Waals surface area contributed by atoms with E-state index in [1.54, 1.807) is 0 Å². The molecule has 2 aliphatic heterocycles. The quantitative estimate of drug-likeness (QED) is 0.476. The van der Waals surface area contributed by atoms with Gasteiger partial charge in [0.15, 0.2) is 0 Å². The van der Waals surface area contributed by atoms with Crippen LogP contribution in [0.25, 0.3) is 0 Å². The first-order chi connectivity index (χ1) is 16.6. The van der Waals surface area contributed by atoms with E-state index in [2.05, 4.69) is 10.2 Å². The minimum Gasteiger partial charge on any atom is -0.352 e. The maximum Gasteiger partial charge on any atom is 0.416 e. The molecule has 6 nitrogen and oxygen atoms in total. The second-order valence-electron chi connectivity index (χ2n) is 9.72. The number of likely N-dealkylation sites (tertiary alicyclic amines) is 1. The number of sulfonamides is 1. The van der Waals surface area contributed by atoms with Gasteiger partial charge in [-0.25, -0.2) is 21.6 Å². The highest BCUT2D eigenvalue weighted by molar-refractivity contribution is 7.89. The third kappa shape index (κ3) is 8.07. The smallest absolute Gasteiger partial charge is 0.352 e. The highest BCUT2D eigenvalue weighted by Gasteiger charge is 2.37. The topological polar surface area (TPSA) is 69.7 Å². The fraction of sp³-hybridized carbons (Fsp3) is 0.696. The third-order valence-electron chi connectivity index (χ3n) is 6.69. The fourth-order valence-electron chi connectivity index (χ4n) is 4.68. The zero-order valence-electron chi connectivity index (χ0n) is 20.0. The van der Waals surface area contributed by atoms with Gasteiger partial charge in [-0.15, -0.1) is 0 Å². The van der Waals surface area contributed by atoms with Gasteiger partial charge in [0.1, 0.15) is 5.82 Å². The molecule has 2 heterocycles. The third-order valence-corrected chi connectivity index (χ3v) is 8.61. The van der Waals surface area contributed by atoms with E-state index in [0.717, 1.165) is 6.07 Å². The Labute approximate surface area is 207 Å². The summed E-state index contributed by atoms with van der Waals surface area (Å²) in [5.74, 6) is -5.50. The van der Waals surface area contributed by atoms with Crippen LogP contribution in [0.4, 0.5) is 26.3 Å². The Kier molecular flexibility index (Phi) is 8.98. The number of alkyl halides is 5. The molecular weight excluding hydrogens is 512 g/mol. The minimum atomic E-state index is -4.76. The molecular formula is C23H31F6N3O3S. The zero-order chi connectivity index (χ0) is 26.7. The lowest BCUT2D eigenvalue weighted by Gasteiger charge is -2.35. The molecule has 0 unspecified atom stereocenters. The fourth-order valence-corrected chi connectivity index (χ4v) is 6.56. The second kappa shape index (κ2) is 11.3. The van der Waals surface area contributed by atoms with Gasteiger partial charge >= 0.3 is 6.18 Å². The van der Waals surface area contributed by atoms with Crippen LogP contribution in [0.15, 0.2) is 18.2 Å². The molecule has 1 amide bonds. The van der Waals surface area contributed by atoms with Gasteiger partial charge in [-0.2, -0.15) is 17.5 Å². The van der Waals surface area contributed by atoms with E-state index < -0.39 is 57.1 Å². The first kappa shape index (κ1) is 28.7. The molecule has 2 aliphatic rings. The molecule has 0 radical (unpaired) electrons. The van der Waals surface area contributed by atoms with Gasteiger partial charge in [-0.3, -0.25) is 4.79 Å². The van der Waals surface area contributed by atoms with E-state index in [0.29, 0.717) is 70.9 Å². The van der Waals surface area contributed by atoms with Crippen molar-refractivity contribution < 1.29 is 39.6 Å². The molecule has 13 heteroatoms. The number of hydrogen-bond acceptors (Lipinski definition) is 4. The van der Waals surface area contributed by atoms with Crippen molar-refractivity contribution in [3.63, 3.8) is 0 Å². The molecule has 1 atom stereocenters. The Bertz CT molecular complexity index is 1020. The van der Waals surface area contributed by atoms with Gasteiger partial charge < -0.3 is 10.2 Å². The molecule has 0 bridgehead atoms. The molecule has 3 rings (SSSR count). The average molecular weight is 544 g/mol. The SMILES string of the molecule is CC(F)(F)CCS(=O)(=O)N1CCC[C@H]1CN1CCC(CNC(=O)c2cc(F)cc(C(F)(F)F)c2)CC1. The maximum absolute atomic E-state index is 13.6. The number of carbonyl (C=O) groups is 1. The molecule has 204 valence electrons. The summed E-state index contributed by atoms with van der Waals surface area (Å²) in [4.78, 5) is 14.4. The lowest BCUT2D eigenvalue weighted by molar-refractivity contribution is -0.137. The maximum atomic E-state index is 13.6. The van der Waals surface area contributed by atoms with E-state index in [4.69, 9.17) is 0 Å². The summed E-state index contributed by atoms with van der Waals surface area (Å²) in [6.45, 7) is 3.01. The molecule has 1 N–H and O–H groups in total. The Morgan fingerprint density at radius 1 is 1.06 bits per heavy atom. The van der Waals surface area contributed by atoms with Crippen molar-refractivity contribution in [2.24, 2.45) is 5.92 Å². The zero-order valence-corrected chi connectivity index (χ0v) is 20.8. The molecule has 1 aromatic rings. The summed E-state index contributed by atoms with van der Waals surface area (Å²) in [6, 6.07) is 1.44. The first-order valence-electron chi connectivity index (χ1n) is 11.9. The monoisotopic (exact) mass is 543 g/mol. The van der Waals surface area contributed by atoms with Gasteiger partial charge in [0, 0.05) is 37.7 Å². The van der Waals surface area contributed by atoms with Crippen molar-refractivity contribution in [3.05, 3.63) is 35.1 Å². The van der Waals surface area contributed by atoms with Crippen LogP contribution in [-0.4, -0.2) is 74.0 Å². The van der Waals surface area contributed by atoms with E-state index in [1.807, 2.05) is 0 Å². The molecule has 0 aliphatic carbocycles. The van der Waals surface area contributed by atoms with Gasteiger partial charge in [0.05, 0.1) is 11.3 Å². The van der Waals surface area contributed by atoms with Crippen molar-refractivity contribution in [1.82, 2.24) is 14.5 Å². The standard InChI is InChI=1S/C23H31F6N3O3S/c1-22(25,26)6-10-36(34,35)32-7-2-3-20(32)15-31-8-4-16(5-9-31)14-30-21(33)17-11-18(23(27,28)29)13-19(24)12-17/h11-13,16,20H,2-10,14-15H2,1H3,(H,30,33)/t20-/m0/s1. The number of nitrogens with one attached hydrogen (secondary N) is 1. The number of nitrogens with zero attached hydrogens (tertiary/aromatic N) is 2. The predicted molar refractivity (Wildman–Crippen MR) is 122 cm³/mol. The van der Waals surface area contributed by atoms with Crippen LogP contribution < -0.4 is 5.32 Å². The van der Waals surface area contributed by atoms with Gasteiger partial charge in [-0.05, 0) is 69.8 Å². The molecule has 0 aromatic heterocycles. The Morgan fingerprint density at radius 3 is 2.33 bits per heavy atom. The number of carbonyl (C=O) groups excluding carboxylic acids is 1. The molecule has 1 aromatic carbocycles. The largest absolute Gasteiger partial charge is 0.416 e. The summed E-state index contributed by atoms with van der Waals surface area (Å²) in [6.07, 6.45) is -2.80.